The van der Waals surface area contributed by atoms with E-state index in [2.05, 4.69) is 21.2 Å². The molecule has 0 atom stereocenters. The highest BCUT2D eigenvalue weighted by Gasteiger charge is 2.12. The summed E-state index contributed by atoms with van der Waals surface area (Å²) in [5, 5.41) is 5.00. The summed E-state index contributed by atoms with van der Waals surface area (Å²) in [6.45, 7) is 1.38. The van der Waals surface area contributed by atoms with Crippen molar-refractivity contribution in [3.63, 3.8) is 0 Å². The maximum Gasteiger partial charge on any atom is 0.344 e. The van der Waals surface area contributed by atoms with Crippen LogP contribution in [0.5, 0.6) is 5.75 Å². The zero-order valence-corrected chi connectivity index (χ0v) is 14.7. The van der Waals surface area contributed by atoms with Gasteiger partial charge in [-0.1, -0.05) is 18.5 Å². The number of hydrogen-bond acceptors (Lipinski definition) is 5. The van der Waals surface area contributed by atoms with E-state index in [4.69, 9.17) is 21.1 Å². The molecule has 1 aromatic carbocycles. The van der Waals surface area contributed by atoms with Crippen molar-refractivity contribution < 1.29 is 23.9 Å². The van der Waals surface area contributed by atoms with Crippen LogP contribution in [0.4, 0.5) is 4.79 Å². The Morgan fingerprint density at radius 1 is 1.26 bits per heavy atom. The standard InChI is InChI=1S/C14H16BrClN2O5/c1-2-5-17-14(21)18-12(19)7-23-13(20)8-22-11-4-3-9(16)6-10(11)15/h3-4,6H,2,5,7-8H2,1H3,(H2,17,18,19,21). The first kappa shape index (κ1) is 19.2. The van der Waals surface area contributed by atoms with E-state index < -0.39 is 24.5 Å². The van der Waals surface area contributed by atoms with E-state index in [-0.39, 0.29) is 6.61 Å². The van der Waals surface area contributed by atoms with Crippen LogP contribution in [0.3, 0.4) is 0 Å². The molecular formula is C14H16BrClN2O5. The molecule has 0 aromatic heterocycles. The van der Waals surface area contributed by atoms with E-state index in [9.17, 15) is 14.4 Å². The molecule has 0 radical (unpaired) electrons. The summed E-state index contributed by atoms with van der Waals surface area (Å²) < 4.78 is 10.5. The summed E-state index contributed by atoms with van der Waals surface area (Å²) in [7, 11) is 0. The Balaban J connectivity index is 2.28. The molecule has 9 heteroatoms. The second-order valence-electron chi connectivity index (χ2n) is 4.33. The predicted octanol–water partition coefficient (Wildman–Crippen LogP) is 2.26. The van der Waals surface area contributed by atoms with Gasteiger partial charge in [-0.3, -0.25) is 10.1 Å². The van der Waals surface area contributed by atoms with Crippen molar-refractivity contribution in [1.82, 2.24) is 10.6 Å². The third-order valence-electron chi connectivity index (χ3n) is 2.39. The number of carbonyl (C=O) groups excluding carboxylic acids is 3. The van der Waals surface area contributed by atoms with Gasteiger partial charge < -0.3 is 14.8 Å². The summed E-state index contributed by atoms with van der Waals surface area (Å²) in [6.07, 6.45) is 0.744. The van der Waals surface area contributed by atoms with Gasteiger partial charge in [0.25, 0.3) is 5.91 Å². The van der Waals surface area contributed by atoms with Crippen molar-refractivity contribution >= 4 is 45.4 Å². The maximum absolute atomic E-state index is 11.5. The lowest BCUT2D eigenvalue weighted by atomic mass is 10.3. The fraction of sp³-hybridized carbons (Fsp3) is 0.357. The van der Waals surface area contributed by atoms with Crippen LogP contribution in [0.15, 0.2) is 22.7 Å². The summed E-state index contributed by atoms with van der Waals surface area (Å²) >= 11 is 9.02. The van der Waals surface area contributed by atoms with Gasteiger partial charge in [0.1, 0.15) is 5.75 Å². The van der Waals surface area contributed by atoms with Crippen LogP contribution in [-0.4, -0.2) is 37.7 Å². The highest BCUT2D eigenvalue weighted by Crippen LogP contribution is 2.27. The number of imide groups is 1. The SMILES string of the molecule is CCCNC(=O)NC(=O)COC(=O)COc1ccc(Cl)cc1Br. The molecule has 2 N–H and O–H groups in total. The van der Waals surface area contributed by atoms with E-state index in [1.807, 2.05) is 12.2 Å². The minimum Gasteiger partial charge on any atom is -0.481 e. The van der Waals surface area contributed by atoms with Gasteiger partial charge in [-0.05, 0) is 40.5 Å². The van der Waals surface area contributed by atoms with E-state index in [1.54, 1.807) is 18.2 Å². The van der Waals surface area contributed by atoms with E-state index in [0.29, 0.717) is 21.8 Å². The fourth-order valence-electron chi connectivity index (χ4n) is 1.36. The van der Waals surface area contributed by atoms with Crippen molar-refractivity contribution in [3.8, 4) is 5.75 Å². The van der Waals surface area contributed by atoms with Crippen LogP contribution in [-0.2, 0) is 14.3 Å². The zero-order valence-electron chi connectivity index (χ0n) is 12.4. The topological polar surface area (TPSA) is 93.7 Å². The lowest BCUT2D eigenvalue weighted by molar-refractivity contribution is -0.150. The first-order chi connectivity index (χ1) is 10.9. The Morgan fingerprint density at radius 2 is 2.00 bits per heavy atom. The fourth-order valence-corrected chi connectivity index (χ4v) is 2.16. The molecule has 23 heavy (non-hydrogen) atoms. The lowest BCUT2D eigenvalue weighted by Crippen LogP contribution is -2.41. The molecule has 126 valence electrons. The third kappa shape index (κ3) is 7.85. The molecule has 1 rings (SSSR count). The normalized spacial score (nSPS) is 9.87. The Bertz CT molecular complexity index is 582. The average molecular weight is 408 g/mol. The first-order valence-corrected chi connectivity index (χ1v) is 7.90. The van der Waals surface area contributed by atoms with Crippen LogP contribution in [0.1, 0.15) is 13.3 Å². The molecule has 0 spiro atoms. The highest BCUT2D eigenvalue weighted by atomic mass is 79.9. The van der Waals surface area contributed by atoms with Gasteiger partial charge in [0, 0.05) is 11.6 Å². The molecule has 0 saturated carbocycles. The van der Waals surface area contributed by atoms with Crippen molar-refractivity contribution in [2.45, 2.75) is 13.3 Å². The molecular weight excluding hydrogens is 392 g/mol. The molecule has 0 bridgehead atoms. The van der Waals surface area contributed by atoms with Gasteiger partial charge >= 0.3 is 12.0 Å². The first-order valence-electron chi connectivity index (χ1n) is 6.73. The Hall–Kier alpha value is -1.80. The van der Waals surface area contributed by atoms with Crippen LogP contribution in [0.2, 0.25) is 5.02 Å². The number of ether oxygens (including phenoxy) is 2. The number of esters is 1. The van der Waals surface area contributed by atoms with Gasteiger partial charge in [-0.15, -0.1) is 0 Å². The Labute approximate surface area is 146 Å². The van der Waals surface area contributed by atoms with Crippen molar-refractivity contribution in [2.75, 3.05) is 19.8 Å². The molecule has 0 fully saturated rings. The predicted molar refractivity (Wildman–Crippen MR) is 87.4 cm³/mol. The Kier molecular flexibility index (Phi) is 8.42. The van der Waals surface area contributed by atoms with E-state index in [1.165, 1.54) is 0 Å². The maximum atomic E-state index is 11.5. The molecule has 0 saturated heterocycles. The van der Waals surface area contributed by atoms with Crippen LogP contribution < -0.4 is 15.4 Å². The van der Waals surface area contributed by atoms with Gasteiger partial charge in [0.05, 0.1) is 4.47 Å². The van der Waals surface area contributed by atoms with Crippen LogP contribution in [0.25, 0.3) is 0 Å². The number of rotatable bonds is 7. The molecule has 0 heterocycles. The smallest absolute Gasteiger partial charge is 0.344 e. The average Bonchev–Trinajstić information content (AvgIpc) is 2.50. The zero-order chi connectivity index (χ0) is 17.2. The van der Waals surface area contributed by atoms with Crippen molar-refractivity contribution in [3.05, 3.63) is 27.7 Å². The molecule has 1 aromatic rings. The summed E-state index contributed by atoms with van der Waals surface area (Å²) in [5.74, 6) is -1.05. The second-order valence-corrected chi connectivity index (χ2v) is 5.62. The minimum atomic E-state index is -0.740. The number of hydrogen-bond donors (Lipinski definition) is 2. The molecule has 7 nitrogen and oxygen atoms in total. The van der Waals surface area contributed by atoms with Gasteiger partial charge in [-0.25, -0.2) is 9.59 Å². The summed E-state index contributed by atoms with van der Waals surface area (Å²) in [6, 6.07) is 4.18. The number of benzene rings is 1. The van der Waals surface area contributed by atoms with Crippen LogP contribution >= 0.6 is 27.5 Å². The largest absolute Gasteiger partial charge is 0.481 e. The monoisotopic (exact) mass is 406 g/mol. The highest BCUT2D eigenvalue weighted by molar-refractivity contribution is 9.10. The molecule has 0 aliphatic heterocycles. The summed E-state index contributed by atoms with van der Waals surface area (Å²) in [5.41, 5.74) is 0. The lowest BCUT2D eigenvalue weighted by Gasteiger charge is -2.09. The minimum absolute atomic E-state index is 0.379. The molecule has 0 aliphatic rings. The number of amides is 3. The Morgan fingerprint density at radius 3 is 2.65 bits per heavy atom. The van der Waals surface area contributed by atoms with Gasteiger partial charge in [-0.2, -0.15) is 0 Å². The van der Waals surface area contributed by atoms with Crippen molar-refractivity contribution in [1.29, 1.82) is 0 Å². The molecule has 0 unspecified atom stereocenters. The number of halogens is 2. The second kappa shape index (κ2) is 10.1. The molecule has 0 aliphatic carbocycles. The van der Waals surface area contributed by atoms with E-state index in [0.717, 1.165) is 6.42 Å². The van der Waals surface area contributed by atoms with Gasteiger partial charge in [0.2, 0.25) is 0 Å². The number of urea groups is 1. The quantitative estimate of drug-likeness (QED) is 0.676. The third-order valence-corrected chi connectivity index (χ3v) is 3.25. The van der Waals surface area contributed by atoms with Gasteiger partial charge in [0.15, 0.2) is 13.2 Å². The number of nitrogens with one attached hydrogen (secondary N) is 2. The molecule has 3 amide bonds. The van der Waals surface area contributed by atoms with Crippen molar-refractivity contribution in [2.24, 2.45) is 0 Å². The van der Waals surface area contributed by atoms with Crippen LogP contribution in [0, 0.1) is 0 Å². The van der Waals surface area contributed by atoms with E-state index >= 15 is 0 Å². The number of carbonyl (C=O) groups is 3. The summed E-state index contributed by atoms with van der Waals surface area (Å²) in [4.78, 5) is 34.1.